The van der Waals surface area contributed by atoms with Crippen LogP contribution in [0.15, 0.2) is 200 Å². The Balaban J connectivity index is 1.08. The number of hydrogen-bond acceptors (Lipinski definition) is 12. The van der Waals surface area contributed by atoms with Gasteiger partial charge in [-0.2, -0.15) is 13.7 Å². The number of rotatable bonds is 18. The third-order valence-corrected chi connectivity index (χ3v) is 11.2. The molecule has 0 amide bonds. The molecule has 0 saturated carbocycles. The van der Waals surface area contributed by atoms with Crippen LogP contribution in [0.5, 0.6) is 51.7 Å². The van der Waals surface area contributed by atoms with E-state index < -0.39 is 23.5 Å². The van der Waals surface area contributed by atoms with Crippen molar-refractivity contribution in [3.05, 3.63) is 200 Å². The number of phosphoric acid groups is 3. The Hall–Kier alpha value is -6.57. The number of phosphoric ester groups is 3. The lowest BCUT2D eigenvalue weighted by molar-refractivity contribution is 0.293. The fraction of sp³-hybridized carbons (Fsp3) is 0. The number of para-hydroxylation sites is 5. The van der Waals surface area contributed by atoms with Gasteiger partial charge in [0.05, 0.1) is 0 Å². The molecule has 0 bridgehead atoms. The van der Waals surface area contributed by atoms with Gasteiger partial charge in [-0.1, -0.05) is 91.0 Å². The maximum atomic E-state index is 14.3. The van der Waals surface area contributed by atoms with Gasteiger partial charge in [0.2, 0.25) is 0 Å². The molecule has 0 saturated heterocycles. The van der Waals surface area contributed by atoms with E-state index in [0.29, 0.717) is 0 Å². The molecule has 0 aliphatic carbocycles. The molecule has 0 aromatic heterocycles. The average Bonchev–Trinajstić information content (AvgIpc) is 3.21. The second-order valence-electron chi connectivity index (χ2n) is 11.7. The zero-order chi connectivity index (χ0) is 39.4. The topological polar surface area (TPSA) is 134 Å². The minimum atomic E-state index is -4.47. The highest BCUT2D eigenvalue weighted by molar-refractivity contribution is 7.50. The zero-order valence-corrected chi connectivity index (χ0v) is 32.5. The molecule has 0 atom stereocenters. The van der Waals surface area contributed by atoms with E-state index in [1.807, 2.05) is 0 Å². The molecular weight excluding hydrogens is 789 g/mol. The van der Waals surface area contributed by atoms with Crippen molar-refractivity contribution in [2.75, 3.05) is 0 Å². The average molecular weight is 823 g/mol. The van der Waals surface area contributed by atoms with Crippen molar-refractivity contribution in [1.29, 1.82) is 0 Å². The third-order valence-electron chi connectivity index (χ3n) is 7.32. The van der Waals surface area contributed by atoms with E-state index in [9.17, 15) is 13.7 Å². The molecule has 57 heavy (non-hydrogen) atoms. The normalized spacial score (nSPS) is 11.4. The van der Waals surface area contributed by atoms with Crippen molar-refractivity contribution in [3.63, 3.8) is 0 Å². The first kappa shape index (κ1) is 38.7. The number of benzene rings is 7. The van der Waals surface area contributed by atoms with Gasteiger partial charge in [0.15, 0.2) is 0 Å². The lowest BCUT2D eigenvalue weighted by Gasteiger charge is -2.21. The summed E-state index contributed by atoms with van der Waals surface area (Å²) in [5.41, 5.74) is 0. The Bertz CT molecular complexity index is 2220. The molecule has 0 unspecified atom stereocenters. The summed E-state index contributed by atoms with van der Waals surface area (Å²) < 4.78 is 93.8. The molecule has 7 aromatic carbocycles. The Morgan fingerprint density at radius 3 is 0.456 bits per heavy atom. The molecular formula is C42H33O12P3. The van der Waals surface area contributed by atoms with E-state index in [0.717, 1.165) is 0 Å². The van der Waals surface area contributed by atoms with Crippen LogP contribution >= 0.6 is 23.5 Å². The van der Waals surface area contributed by atoms with E-state index in [-0.39, 0.29) is 51.7 Å². The van der Waals surface area contributed by atoms with Crippen LogP contribution in [-0.2, 0) is 13.7 Å². The molecule has 0 fully saturated rings. The van der Waals surface area contributed by atoms with Gasteiger partial charge < -0.3 is 40.7 Å². The molecule has 0 heterocycles. The van der Waals surface area contributed by atoms with Gasteiger partial charge in [-0.3, -0.25) is 0 Å². The monoisotopic (exact) mass is 822 g/mol. The Kier molecular flexibility index (Phi) is 12.2. The summed E-state index contributed by atoms with van der Waals surface area (Å²) in [4.78, 5) is 0. The smallest absolute Gasteiger partial charge is 0.386 e. The summed E-state index contributed by atoms with van der Waals surface area (Å²) in [7, 11) is -13.0. The molecule has 0 spiro atoms. The van der Waals surface area contributed by atoms with Crippen LogP contribution in [0.3, 0.4) is 0 Å². The number of hydrogen-bond donors (Lipinski definition) is 0. The zero-order valence-electron chi connectivity index (χ0n) is 29.8. The lowest BCUT2D eigenvalue weighted by Crippen LogP contribution is -2.09. The maximum absolute atomic E-state index is 14.3. The van der Waals surface area contributed by atoms with Crippen LogP contribution in [0.25, 0.3) is 0 Å². The molecule has 7 aromatic rings. The summed E-state index contributed by atoms with van der Waals surface area (Å²) >= 11 is 0. The van der Waals surface area contributed by atoms with E-state index >= 15 is 0 Å². The van der Waals surface area contributed by atoms with Gasteiger partial charge >= 0.3 is 23.5 Å². The molecule has 0 radical (unpaired) electrons. The second kappa shape index (κ2) is 17.9. The van der Waals surface area contributed by atoms with Crippen LogP contribution in [0.4, 0.5) is 0 Å². The first-order valence-corrected chi connectivity index (χ1v) is 21.6. The molecule has 12 nitrogen and oxygen atoms in total. The van der Waals surface area contributed by atoms with Crippen molar-refractivity contribution in [2.45, 2.75) is 0 Å². The lowest BCUT2D eigenvalue weighted by atomic mass is 10.3. The van der Waals surface area contributed by atoms with Crippen LogP contribution in [-0.4, -0.2) is 0 Å². The summed E-state index contributed by atoms with van der Waals surface area (Å²) in [6.07, 6.45) is 0. The van der Waals surface area contributed by atoms with Crippen LogP contribution in [0.2, 0.25) is 0 Å². The Labute approximate surface area is 328 Å². The quantitative estimate of drug-likeness (QED) is 0.0762. The van der Waals surface area contributed by atoms with Gasteiger partial charge in [-0.25, -0.2) is 0 Å². The van der Waals surface area contributed by atoms with Gasteiger partial charge in [0, 0.05) is 0 Å². The van der Waals surface area contributed by atoms with Crippen molar-refractivity contribution >= 4 is 23.5 Å². The predicted octanol–water partition coefficient (Wildman–Crippen LogP) is 12.6. The molecule has 288 valence electrons. The second-order valence-corrected chi connectivity index (χ2v) is 16.0. The SMILES string of the molecule is O=P(Oc1ccccc1)(Oc1ccccc1)Oc1ccc(OP(=O)(Oc2ccccc2)Oc2ccc(OP(=O)(Oc3ccccc3)Oc3ccccc3)cc2)cc1. The van der Waals surface area contributed by atoms with E-state index in [1.165, 1.54) is 48.5 Å². The van der Waals surface area contributed by atoms with Crippen LogP contribution in [0.1, 0.15) is 0 Å². The molecule has 0 N–H and O–H groups in total. The Morgan fingerprint density at radius 2 is 0.316 bits per heavy atom. The standard InChI is InChI=1S/C42H33O12P3/c43-55(46-34-16-6-1-7-17-34,47-35-18-8-2-9-19-35)51-39-26-30-41(31-27-39)53-57(45,50-38-24-14-5-15-25-38)54-42-32-28-40(29-33-42)52-56(44,48-36-20-10-3-11-21-36)49-37-22-12-4-13-23-37/h1-33H. The van der Waals surface area contributed by atoms with Gasteiger partial charge in [0.25, 0.3) is 0 Å². The highest BCUT2D eigenvalue weighted by Gasteiger charge is 2.36. The van der Waals surface area contributed by atoms with E-state index in [1.54, 1.807) is 152 Å². The summed E-state index contributed by atoms with van der Waals surface area (Å²) in [5, 5.41) is 0. The first-order chi connectivity index (χ1) is 27.7. The highest BCUT2D eigenvalue weighted by atomic mass is 31.2. The minimum absolute atomic E-state index is 0.0569. The van der Waals surface area contributed by atoms with Gasteiger partial charge in [-0.05, 0) is 109 Å². The van der Waals surface area contributed by atoms with Crippen LogP contribution in [0, 0.1) is 0 Å². The van der Waals surface area contributed by atoms with Crippen molar-refractivity contribution in [3.8, 4) is 51.7 Å². The fourth-order valence-electron chi connectivity index (χ4n) is 4.86. The first-order valence-electron chi connectivity index (χ1n) is 17.2. The fourth-order valence-corrected chi connectivity index (χ4v) is 8.61. The molecule has 7 rings (SSSR count). The van der Waals surface area contributed by atoms with Crippen LogP contribution < -0.4 is 40.7 Å². The maximum Gasteiger partial charge on any atom is 0.647 e. The van der Waals surface area contributed by atoms with Crippen molar-refractivity contribution in [2.24, 2.45) is 0 Å². The third kappa shape index (κ3) is 11.5. The minimum Gasteiger partial charge on any atom is -0.386 e. The molecule has 15 heteroatoms. The van der Waals surface area contributed by atoms with Gasteiger partial charge in [0.1, 0.15) is 51.7 Å². The molecule has 0 aliphatic rings. The highest BCUT2D eigenvalue weighted by Crippen LogP contribution is 2.53. The van der Waals surface area contributed by atoms with E-state index in [2.05, 4.69) is 0 Å². The van der Waals surface area contributed by atoms with Crippen molar-refractivity contribution < 1.29 is 54.4 Å². The largest absolute Gasteiger partial charge is 0.647 e. The summed E-state index contributed by atoms with van der Waals surface area (Å²) in [6.45, 7) is 0. The predicted molar refractivity (Wildman–Crippen MR) is 214 cm³/mol. The molecule has 0 aliphatic heterocycles. The summed E-state index contributed by atoms with van der Waals surface area (Å²) in [5.74, 6) is 1.57. The van der Waals surface area contributed by atoms with E-state index in [4.69, 9.17) is 40.7 Å². The van der Waals surface area contributed by atoms with Crippen molar-refractivity contribution in [1.82, 2.24) is 0 Å². The van der Waals surface area contributed by atoms with Gasteiger partial charge in [-0.15, -0.1) is 0 Å². The summed E-state index contributed by atoms with van der Waals surface area (Å²) in [6, 6.07) is 53.5. The Morgan fingerprint density at radius 1 is 0.193 bits per heavy atom.